The zero-order valence-corrected chi connectivity index (χ0v) is 13.0. The maximum Gasteiger partial charge on any atom is 0.151 e. The first kappa shape index (κ1) is 13.9. The average molecular weight is 312 g/mol. The summed E-state index contributed by atoms with van der Waals surface area (Å²) in [5.41, 5.74) is 2.69. The molecule has 3 aromatic rings. The van der Waals surface area contributed by atoms with Crippen molar-refractivity contribution in [1.82, 2.24) is 4.98 Å². The summed E-state index contributed by atoms with van der Waals surface area (Å²) >= 11 is 3.35. The molecule has 104 valence electrons. The molecule has 5 heteroatoms. The lowest BCUT2D eigenvalue weighted by Gasteiger charge is -2.07. The van der Waals surface area contributed by atoms with Gasteiger partial charge in [-0.15, -0.1) is 11.3 Å². The van der Waals surface area contributed by atoms with Crippen molar-refractivity contribution in [2.75, 3.05) is 7.11 Å². The number of benzene rings is 2. The molecule has 0 unspecified atom stereocenters. The molecule has 0 spiro atoms. The van der Waals surface area contributed by atoms with E-state index in [1.807, 2.05) is 30.3 Å². The normalized spacial score (nSPS) is 10.5. The molecule has 0 N–H and O–H groups in total. The fourth-order valence-corrected chi connectivity index (χ4v) is 4.06. The van der Waals surface area contributed by atoms with Crippen LogP contribution in [-0.2, 0) is 5.75 Å². The van der Waals surface area contributed by atoms with E-state index in [1.54, 1.807) is 36.3 Å². The smallest absolute Gasteiger partial charge is 0.151 e. The van der Waals surface area contributed by atoms with Gasteiger partial charge in [0, 0.05) is 11.3 Å². The zero-order chi connectivity index (χ0) is 14.7. The molecule has 3 rings (SSSR count). The molecular formula is C16H12N2OS2. The molecule has 3 nitrogen and oxygen atoms in total. The average Bonchev–Trinajstić information content (AvgIpc) is 2.95. The lowest BCUT2D eigenvalue weighted by molar-refractivity contribution is 0.411. The van der Waals surface area contributed by atoms with Gasteiger partial charge >= 0.3 is 0 Å². The minimum Gasteiger partial charge on any atom is -0.496 e. The number of hydrogen-bond donors (Lipinski definition) is 0. The molecule has 0 aliphatic rings. The highest BCUT2D eigenvalue weighted by Crippen LogP contribution is 2.33. The van der Waals surface area contributed by atoms with Gasteiger partial charge in [-0.05, 0) is 30.3 Å². The van der Waals surface area contributed by atoms with Crippen molar-refractivity contribution in [1.29, 1.82) is 5.26 Å². The predicted octanol–water partition coefficient (Wildman–Crippen LogP) is 4.47. The summed E-state index contributed by atoms with van der Waals surface area (Å²) in [6.45, 7) is 0. The van der Waals surface area contributed by atoms with E-state index in [1.165, 1.54) is 4.70 Å². The first-order valence-corrected chi connectivity index (χ1v) is 8.16. The van der Waals surface area contributed by atoms with E-state index in [9.17, 15) is 0 Å². The van der Waals surface area contributed by atoms with E-state index in [4.69, 9.17) is 10.00 Å². The number of nitrogens with zero attached hydrogens (tertiary/aromatic N) is 2. The molecule has 1 aromatic heterocycles. The van der Waals surface area contributed by atoms with Crippen LogP contribution in [0.3, 0.4) is 0 Å². The second-order valence-electron chi connectivity index (χ2n) is 4.37. The van der Waals surface area contributed by atoms with Crippen LogP contribution in [0, 0.1) is 11.3 Å². The van der Waals surface area contributed by atoms with Crippen LogP contribution in [0.2, 0.25) is 0 Å². The summed E-state index contributed by atoms with van der Waals surface area (Å²) in [5, 5.41) is 9.00. The van der Waals surface area contributed by atoms with Crippen molar-refractivity contribution < 1.29 is 4.74 Å². The molecule has 2 aromatic carbocycles. The Morgan fingerprint density at radius 1 is 1.29 bits per heavy atom. The van der Waals surface area contributed by atoms with Crippen LogP contribution in [0.5, 0.6) is 5.75 Å². The topological polar surface area (TPSA) is 45.9 Å². The summed E-state index contributed by atoms with van der Waals surface area (Å²) in [4.78, 5) is 4.60. The largest absolute Gasteiger partial charge is 0.496 e. The van der Waals surface area contributed by atoms with Crippen LogP contribution >= 0.6 is 23.1 Å². The van der Waals surface area contributed by atoms with Crippen LogP contribution in [-0.4, -0.2) is 12.1 Å². The standard InChI is InChI=1S/C16H12N2OS2/c1-19-14-7-6-11(9-17)8-12(14)10-20-16-18-13-4-2-3-5-15(13)21-16/h2-8H,10H2,1H3. The molecule has 0 saturated carbocycles. The molecule has 0 saturated heterocycles. The fourth-order valence-electron chi connectivity index (χ4n) is 2.01. The molecule has 0 bridgehead atoms. The van der Waals surface area contributed by atoms with Gasteiger partial charge in [-0.2, -0.15) is 5.26 Å². The molecule has 0 aliphatic carbocycles. The SMILES string of the molecule is COc1ccc(C#N)cc1CSc1nc2ccccc2s1. The lowest BCUT2D eigenvalue weighted by atomic mass is 10.1. The summed E-state index contributed by atoms with van der Waals surface area (Å²) in [5.74, 6) is 1.54. The first-order valence-electron chi connectivity index (χ1n) is 6.35. The van der Waals surface area contributed by atoms with E-state index >= 15 is 0 Å². The second kappa shape index (κ2) is 6.17. The Bertz CT molecular complexity index is 788. The van der Waals surface area contributed by atoms with Crippen LogP contribution in [0.15, 0.2) is 46.8 Å². The van der Waals surface area contributed by atoms with E-state index in [0.717, 1.165) is 26.9 Å². The lowest BCUT2D eigenvalue weighted by Crippen LogP contribution is -1.91. The zero-order valence-electron chi connectivity index (χ0n) is 11.4. The second-order valence-corrected chi connectivity index (χ2v) is 6.63. The number of ether oxygens (including phenoxy) is 1. The molecule has 0 atom stereocenters. The van der Waals surface area contributed by atoms with Crippen molar-refractivity contribution in [3.8, 4) is 11.8 Å². The van der Waals surface area contributed by atoms with E-state index in [0.29, 0.717) is 5.56 Å². The summed E-state index contributed by atoms with van der Waals surface area (Å²) in [6, 6.07) is 15.8. The summed E-state index contributed by atoms with van der Waals surface area (Å²) in [6.07, 6.45) is 0. The monoisotopic (exact) mass is 312 g/mol. The minimum atomic E-state index is 0.649. The number of para-hydroxylation sites is 1. The third-order valence-corrected chi connectivity index (χ3v) is 5.26. The number of methoxy groups -OCH3 is 1. The van der Waals surface area contributed by atoms with Crippen molar-refractivity contribution in [3.63, 3.8) is 0 Å². The third kappa shape index (κ3) is 3.02. The molecule has 0 fully saturated rings. The number of thiazole rings is 1. The Morgan fingerprint density at radius 2 is 2.14 bits per heavy atom. The van der Waals surface area contributed by atoms with Crippen molar-refractivity contribution in [2.45, 2.75) is 10.1 Å². The maximum atomic E-state index is 9.00. The van der Waals surface area contributed by atoms with E-state index in [2.05, 4.69) is 17.1 Å². The minimum absolute atomic E-state index is 0.649. The number of rotatable bonds is 4. The number of nitriles is 1. The van der Waals surface area contributed by atoms with Gasteiger partial charge in [0.2, 0.25) is 0 Å². The number of thioether (sulfide) groups is 1. The predicted molar refractivity (Wildman–Crippen MR) is 86.9 cm³/mol. The van der Waals surface area contributed by atoms with E-state index in [-0.39, 0.29) is 0 Å². The summed E-state index contributed by atoms with van der Waals surface area (Å²) in [7, 11) is 1.65. The van der Waals surface area contributed by atoms with Gasteiger partial charge in [-0.3, -0.25) is 0 Å². The maximum absolute atomic E-state index is 9.00. The fraction of sp³-hybridized carbons (Fsp3) is 0.125. The first-order chi connectivity index (χ1) is 10.3. The highest BCUT2D eigenvalue weighted by Gasteiger charge is 2.08. The molecule has 0 amide bonds. The quantitative estimate of drug-likeness (QED) is 0.667. The number of fused-ring (bicyclic) bond motifs is 1. The third-order valence-electron chi connectivity index (χ3n) is 3.03. The Balaban J connectivity index is 1.82. The van der Waals surface area contributed by atoms with Gasteiger partial charge in [0.1, 0.15) is 5.75 Å². The Labute approximate surface area is 131 Å². The molecule has 0 radical (unpaired) electrons. The van der Waals surface area contributed by atoms with E-state index < -0.39 is 0 Å². The summed E-state index contributed by atoms with van der Waals surface area (Å²) < 4.78 is 7.57. The van der Waals surface area contributed by atoms with Crippen molar-refractivity contribution >= 4 is 33.3 Å². The van der Waals surface area contributed by atoms with Crippen molar-refractivity contribution in [3.05, 3.63) is 53.6 Å². The highest BCUT2D eigenvalue weighted by molar-refractivity contribution is 8.00. The van der Waals surface area contributed by atoms with Crippen LogP contribution in [0.1, 0.15) is 11.1 Å². The van der Waals surface area contributed by atoms with Crippen LogP contribution in [0.4, 0.5) is 0 Å². The van der Waals surface area contributed by atoms with Crippen LogP contribution in [0.25, 0.3) is 10.2 Å². The molecule has 0 aliphatic heterocycles. The van der Waals surface area contributed by atoms with Crippen molar-refractivity contribution in [2.24, 2.45) is 0 Å². The Morgan fingerprint density at radius 3 is 2.90 bits per heavy atom. The van der Waals surface area contributed by atoms with Crippen LogP contribution < -0.4 is 4.74 Å². The number of hydrogen-bond acceptors (Lipinski definition) is 5. The van der Waals surface area contributed by atoms with Gasteiger partial charge in [0.05, 0.1) is 29.0 Å². The van der Waals surface area contributed by atoms with Gasteiger partial charge in [-0.25, -0.2) is 4.98 Å². The van der Waals surface area contributed by atoms with Gasteiger partial charge in [-0.1, -0.05) is 23.9 Å². The van der Waals surface area contributed by atoms with Gasteiger partial charge in [0.25, 0.3) is 0 Å². The Kier molecular flexibility index (Phi) is 4.09. The number of aromatic nitrogens is 1. The van der Waals surface area contributed by atoms with Gasteiger partial charge < -0.3 is 4.74 Å². The molecule has 1 heterocycles. The Hall–Kier alpha value is -2.03. The molecular weight excluding hydrogens is 300 g/mol. The molecule has 21 heavy (non-hydrogen) atoms. The van der Waals surface area contributed by atoms with Gasteiger partial charge in [0.15, 0.2) is 4.34 Å². The highest BCUT2D eigenvalue weighted by atomic mass is 32.2.